The fourth-order valence-corrected chi connectivity index (χ4v) is 2.31. The van der Waals surface area contributed by atoms with Crippen LogP contribution in [-0.2, 0) is 18.1 Å². The number of amides is 1. The zero-order valence-electron chi connectivity index (χ0n) is 11.3. The molecule has 0 atom stereocenters. The number of aliphatic carboxylic acids is 2. The first-order valence-corrected chi connectivity index (χ1v) is 8.92. The zero-order valence-corrected chi connectivity index (χ0v) is 13.1. The molecule has 0 aromatic heterocycles. The summed E-state index contributed by atoms with van der Waals surface area (Å²) in [5.74, 6) is -3.29. The van der Waals surface area contributed by atoms with E-state index in [4.69, 9.17) is 18.4 Å². The molecule has 0 saturated carbocycles. The van der Waals surface area contributed by atoms with Crippen molar-refractivity contribution in [2.45, 2.75) is 13.3 Å². The minimum atomic E-state index is -4.98. The molecule has 0 unspecified atom stereocenters. The van der Waals surface area contributed by atoms with Crippen molar-refractivity contribution in [3.05, 3.63) is 18.2 Å². The molecule has 0 aliphatic rings. The number of aromatic hydroxyl groups is 1. The average molecular weight is 379 g/mol. The molecule has 122 valence electrons. The van der Waals surface area contributed by atoms with Gasteiger partial charge in [-0.25, -0.2) is 0 Å². The Kier molecular flexibility index (Phi) is 7.37. The number of anilines is 1. The summed E-state index contributed by atoms with van der Waals surface area (Å²) in [7, 11) is 0. The molecule has 0 heterocycles. The Labute approximate surface area is 127 Å². The zero-order chi connectivity index (χ0) is 17.5. The smallest absolute Gasteiger partial charge is 0.314 e. The van der Waals surface area contributed by atoms with E-state index in [9.17, 15) is 23.2 Å². The van der Waals surface area contributed by atoms with Crippen LogP contribution >= 0.6 is 0 Å². The van der Waals surface area contributed by atoms with Crippen molar-refractivity contribution in [2.75, 3.05) is 5.32 Å². The fraction of sp³-hybridized carbons (Fsp3) is 0.182. The van der Waals surface area contributed by atoms with Crippen LogP contribution in [0.3, 0.4) is 0 Å². The molecule has 1 rings (SSSR count). The van der Waals surface area contributed by atoms with Crippen LogP contribution in [0.2, 0.25) is 0 Å². The molecule has 6 N–H and O–H groups in total. The number of carbonyl (C=O) groups excluding carboxylic acids is 1. The molecule has 0 aliphatic heterocycles. The summed E-state index contributed by atoms with van der Waals surface area (Å²) in [5, 5.41) is 27.0. The third-order valence-corrected chi connectivity index (χ3v) is 3.92. The number of hydrogen-bond acceptors (Lipinski definition) is 5. The Bertz CT molecular complexity index is 610. The molecule has 0 spiro atoms. The standard InChI is InChI=1S/C8H10AsNO5.C3H4O4/c1-5(11)10-7-4-6(9(13,14)15)2-3-8(7)12;4-2(5)1-3(6)7/h2-4,12H,1H3,(H,10,11)(H2,13,14,15);1H2,(H,4,5)(H,6,7). The van der Waals surface area contributed by atoms with E-state index in [1.165, 1.54) is 6.92 Å². The molecular weight excluding hydrogens is 365 g/mol. The van der Waals surface area contributed by atoms with E-state index in [-0.39, 0.29) is 15.8 Å². The third-order valence-electron chi connectivity index (χ3n) is 1.93. The Hall–Kier alpha value is -2.29. The number of carbonyl (C=O) groups is 3. The van der Waals surface area contributed by atoms with Crippen LogP contribution < -0.4 is 9.67 Å². The van der Waals surface area contributed by atoms with Gasteiger partial charge < -0.3 is 10.2 Å². The molecule has 0 bridgehead atoms. The second-order valence-corrected chi connectivity index (χ2v) is 7.26. The Morgan fingerprint density at radius 2 is 1.64 bits per heavy atom. The molecule has 22 heavy (non-hydrogen) atoms. The van der Waals surface area contributed by atoms with E-state index in [0.717, 1.165) is 18.2 Å². The van der Waals surface area contributed by atoms with Crippen molar-refractivity contribution in [1.29, 1.82) is 0 Å². The van der Waals surface area contributed by atoms with E-state index in [1.54, 1.807) is 0 Å². The van der Waals surface area contributed by atoms with Gasteiger partial charge in [0.15, 0.2) is 0 Å². The minimum absolute atomic E-state index is 0.00951. The number of benzene rings is 1. The van der Waals surface area contributed by atoms with E-state index in [2.05, 4.69) is 5.32 Å². The second-order valence-electron chi connectivity index (χ2n) is 3.89. The van der Waals surface area contributed by atoms with Gasteiger partial charge in [-0.2, -0.15) is 0 Å². The van der Waals surface area contributed by atoms with Gasteiger partial charge in [0.1, 0.15) is 6.42 Å². The van der Waals surface area contributed by atoms with Crippen LogP contribution in [0, 0.1) is 0 Å². The van der Waals surface area contributed by atoms with Crippen molar-refractivity contribution in [3.63, 3.8) is 0 Å². The average Bonchev–Trinajstić information content (AvgIpc) is 2.28. The maximum atomic E-state index is 10.9. The summed E-state index contributed by atoms with van der Waals surface area (Å²) in [5.41, 5.74) is -0.00951. The molecule has 0 fully saturated rings. The van der Waals surface area contributed by atoms with Gasteiger partial charge in [-0.15, -0.1) is 0 Å². The molecule has 10 nitrogen and oxygen atoms in total. The Morgan fingerprint density at radius 1 is 1.14 bits per heavy atom. The summed E-state index contributed by atoms with van der Waals surface area (Å²) in [6, 6.07) is 3.32. The predicted octanol–water partition coefficient (Wildman–Crippen LogP) is -1.54. The second kappa shape index (κ2) is 8.22. The van der Waals surface area contributed by atoms with Gasteiger partial charge in [-0.05, 0) is 0 Å². The maximum Gasteiger partial charge on any atom is 0.314 e. The molecule has 0 radical (unpaired) electrons. The number of carboxylic acid groups (broad SMARTS) is 2. The first kappa shape index (κ1) is 19.7. The largest absolute Gasteiger partial charge is 0.481 e. The van der Waals surface area contributed by atoms with Crippen molar-refractivity contribution >= 4 is 42.1 Å². The molecule has 0 saturated heterocycles. The summed E-state index contributed by atoms with van der Waals surface area (Å²) in [6.45, 7) is 1.23. The van der Waals surface area contributed by atoms with Crippen LogP contribution in [0.15, 0.2) is 18.2 Å². The van der Waals surface area contributed by atoms with Crippen LogP contribution in [0.4, 0.5) is 5.69 Å². The van der Waals surface area contributed by atoms with Crippen molar-refractivity contribution in [1.82, 2.24) is 0 Å². The van der Waals surface area contributed by atoms with Crippen molar-refractivity contribution in [3.8, 4) is 5.75 Å². The van der Waals surface area contributed by atoms with Gasteiger partial charge in [0, 0.05) is 0 Å². The number of carboxylic acids is 2. The van der Waals surface area contributed by atoms with Gasteiger partial charge in [0.05, 0.1) is 0 Å². The van der Waals surface area contributed by atoms with Gasteiger partial charge in [0.2, 0.25) is 0 Å². The molecule has 1 aromatic carbocycles. The quantitative estimate of drug-likeness (QED) is 0.205. The maximum absolute atomic E-state index is 10.9. The Balaban J connectivity index is 0.000000534. The summed E-state index contributed by atoms with van der Waals surface area (Å²) in [6.07, 6.45) is -0.806. The third kappa shape index (κ3) is 8.10. The van der Waals surface area contributed by atoms with Crippen LogP contribution in [0.25, 0.3) is 0 Å². The van der Waals surface area contributed by atoms with Crippen LogP contribution in [-0.4, -0.2) is 55.5 Å². The minimum Gasteiger partial charge on any atom is -0.481 e. The summed E-state index contributed by atoms with van der Waals surface area (Å²) < 4.78 is 28.6. The van der Waals surface area contributed by atoms with Gasteiger partial charge in [-0.3, -0.25) is 9.59 Å². The summed E-state index contributed by atoms with van der Waals surface area (Å²) >= 11 is -4.98. The topological polar surface area (TPSA) is 181 Å². The number of phenols is 1. The van der Waals surface area contributed by atoms with E-state index < -0.39 is 38.4 Å². The van der Waals surface area contributed by atoms with Crippen molar-refractivity contribution in [2.24, 2.45) is 0 Å². The molecule has 0 aliphatic carbocycles. The van der Waals surface area contributed by atoms with E-state index in [0.29, 0.717) is 0 Å². The van der Waals surface area contributed by atoms with Gasteiger partial charge in [0.25, 0.3) is 0 Å². The monoisotopic (exact) mass is 379 g/mol. The number of nitrogens with one attached hydrogen (secondary N) is 1. The predicted molar refractivity (Wildman–Crippen MR) is 72.8 cm³/mol. The normalized spacial score (nSPS) is 10.1. The molecule has 11 heteroatoms. The molecular formula is C11H14AsNO9. The van der Waals surface area contributed by atoms with Gasteiger partial charge >= 0.3 is 100 Å². The number of phenolic OH excluding ortho intramolecular Hbond substituents is 1. The number of hydrogen-bond donors (Lipinski definition) is 6. The number of rotatable bonds is 4. The fourth-order valence-electron chi connectivity index (χ4n) is 1.12. The van der Waals surface area contributed by atoms with E-state index in [1.807, 2.05) is 0 Å². The first-order chi connectivity index (χ1) is 9.93. The SMILES string of the molecule is CC(=O)Nc1cc([As](=O)(O)O)ccc1O.O=C(O)CC(=O)O. The molecule has 1 amide bonds. The first-order valence-electron chi connectivity index (χ1n) is 5.53. The molecule has 1 aromatic rings. The Morgan fingerprint density at radius 3 is 1.95 bits per heavy atom. The van der Waals surface area contributed by atoms with E-state index >= 15 is 0 Å². The van der Waals surface area contributed by atoms with Crippen LogP contribution in [0.5, 0.6) is 5.75 Å². The van der Waals surface area contributed by atoms with Gasteiger partial charge in [-0.1, -0.05) is 0 Å². The summed E-state index contributed by atoms with van der Waals surface area (Å²) in [4.78, 5) is 29.6. The van der Waals surface area contributed by atoms with Crippen LogP contribution in [0.1, 0.15) is 13.3 Å². The van der Waals surface area contributed by atoms with Crippen molar-refractivity contribution < 1.29 is 41.6 Å².